The Morgan fingerprint density at radius 1 is 1.18 bits per heavy atom. The Balaban J connectivity index is 1.60. The highest BCUT2D eigenvalue weighted by molar-refractivity contribution is 7.15. The van der Waals surface area contributed by atoms with Gasteiger partial charge in [0.15, 0.2) is 5.82 Å². The molecule has 2 aromatic carbocycles. The van der Waals surface area contributed by atoms with Crippen LogP contribution in [0.1, 0.15) is 12.5 Å². The van der Waals surface area contributed by atoms with Crippen molar-refractivity contribution in [3.63, 3.8) is 0 Å². The maximum Gasteiger partial charge on any atom is 0.291 e. The number of rotatable bonds is 2. The summed E-state index contributed by atoms with van der Waals surface area (Å²) in [5.41, 5.74) is 2.45. The van der Waals surface area contributed by atoms with E-state index in [1.807, 2.05) is 61.5 Å². The summed E-state index contributed by atoms with van der Waals surface area (Å²) in [6.45, 7) is 1.97. The summed E-state index contributed by atoms with van der Waals surface area (Å²) in [7, 11) is 0. The fraction of sp³-hybridized carbons (Fsp3) is 0.0952. The molecule has 0 unspecified atom stereocenters. The van der Waals surface area contributed by atoms with Gasteiger partial charge in [0.05, 0.1) is 9.55 Å². The van der Waals surface area contributed by atoms with Crippen molar-refractivity contribution in [3.8, 4) is 17.1 Å². The van der Waals surface area contributed by atoms with Crippen molar-refractivity contribution in [3.05, 3.63) is 79.6 Å². The smallest absolute Gasteiger partial charge is 0.291 e. The summed E-state index contributed by atoms with van der Waals surface area (Å²) in [6, 6.07) is 15.2. The normalized spacial score (nSPS) is 16.7. The molecule has 0 aliphatic carbocycles. The number of hydrogen-bond donors (Lipinski definition) is 0. The van der Waals surface area contributed by atoms with Gasteiger partial charge in [-0.15, -0.1) is 5.10 Å². The number of para-hydroxylation sites is 1. The number of thiazole rings is 1. The van der Waals surface area contributed by atoms with Crippen molar-refractivity contribution in [2.75, 3.05) is 0 Å². The molecule has 0 saturated carbocycles. The lowest BCUT2D eigenvalue weighted by molar-refractivity contribution is 0.259. The summed E-state index contributed by atoms with van der Waals surface area (Å²) in [6.07, 6.45) is 3.77. The highest BCUT2D eigenvalue weighted by atomic mass is 35.5. The Hall–Kier alpha value is -2.96. The molecule has 138 valence electrons. The SMILES string of the molecule is C[C@H]1Oc2ccccc2C=C1/C=c1/sc2nc(-c3ccccc3Cl)nn2c1=O. The van der Waals surface area contributed by atoms with Gasteiger partial charge in [0.2, 0.25) is 4.96 Å². The Morgan fingerprint density at radius 2 is 1.96 bits per heavy atom. The van der Waals surface area contributed by atoms with Gasteiger partial charge in [-0.25, -0.2) is 0 Å². The van der Waals surface area contributed by atoms with Crippen molar-refractivity contribution in [2.45, 2.75) is 13.0 Å². The van der Waals surface area contributed by atoms with Gasteiger partial charge in [0, 0.05) is 11.1 Å². The molecule has 0 bridgehead atoms. The van der Waals surface area contributed by atoms with Crippen LogP contribution in [0.4, 0.5) is 0 Å². The van der Waals surface area contributed by atoms with E-state index in [2.05, 4.69) is 10.1 Å². The molecule has 0 N–H and O–H groups in total. The van der Waals surface area contributed by atoms with Crippen molar-refractivity contribution < 1.29 is 4.74 Å². The van der Waals surface area contributed by atoms with Gasteiger partial charge in [-0.3, -0.25) is 4.79 Å². The van der Waals surface area contributed by atoms with Gasteiger partial charge >= 0.3 is 0 Å². The molecule has 2 aromatic heterocycles. The summed E-state index contributed by atoms with van der Waals surface area (Å²) < 4.78 is 7.85. The van der Waals surface area contributed by atoms with Gasteiger partial charge in [-0.05, 0) is 42.8 Å². The van der Waals surface area contributed by atoms with Crippen LogP contribution in [0.3, 0.4) is 0 Å². The molecular formula is C21H14ClN3O2S. The first-order valence-corrected chi connectivity index (χ1v) is 9.93. The molecule has 1 aliphatic heterocycles. The fourth-order valence-corrected chi connectivity index (χ4v) is 4.29. The average molecular weight is 408 g/mol. The molecule has 0 saturated heterocycles. The zero-order valence-corrected chi connectivity index (χ0v) is 16.4. The van der Waals surface area contributed by atoms with Gasteiger partial charge in [-0.1, -0.05) is 53.3 Å². The zero-order chi connectivity index (χ0) is 19.3. The van der Waals surface area contributed by atoms with Crippen LogP contribution in [-0.2, 0) is 0 Å². The molecule has 1 atom stereocenters. The van der Waals surface area contributed by atoms with E-state index >= 15 is 0 Å². The van der Waals surface area contributed by atoms with E-state index in [-0.39, 0.29) is 11.7 Å². The highest BCUT2D eigenvalue weighted by Gasteiger charge is 2.18. The molecule has 3 heterocycles. The van der Waals surface area contributed by atoms with E-state index in [9.17, 15) is 4.79 Å². The topological polar surface area (TPSA) is 56.5 Å². The van der Waals surface area contributed by atoms with E-state index in [0.29, 0.717) is 25.9 Å². The largest absolute Gasteiger partial charge is 0.485 e. The van der Waals surface area contributed by atoms with Crippen LogP contribution in [0, 0.1) is 0 Å². The van der Waals surface area contributed by atoms with Gasteiger partial charge in [0.1, 0.15) is 11.9 Å². The Bertz CT molecular complexity index is 1360. The molecule has 1 aliphatic rings. The van der Waals surface area contributed by atoms with E-state index in [0.717, 1.165) is 16.9 Å². The molecule has 0 radical (unpaired) electrons. The average Bonchev–Trinajstić information content (AvgIpc) is 3.22. The lowest BCUT2D eigenvalue weighted by Gasteiger charge is -2.22. The van der Waals surface area contributed by atoms with Crippen LogP contribution in [0.25, 0.3) is 28.5 Å². The molecule has 0 amide bonds. The highest BCUT2D eigenvalue weighted by Crippen LogP contribution is 2.30. The van der Waals surface area contributed by atoms with Crippen LogP contribution in [-0.4, -0.2) is 20.7 Å². The van der Waals surface area contributed by atoms with E-state index < -0.39 is 0 Å². The maximum absolute atomic E-state index is 12.8. The minimum atomic E-state index is -0.197. The molecular weight excluding hydrogens is 394 g/mol. The van der Waals surface area contributed by atoms with Crippen molar-refractivity contribution in [1.29, 1.82) is 0 Å². The summed E-state index contributed by atoms with van der Waals surface area (Å²) in [5.74, 6) is 1.30. The minimum Gasteiger partial charge on any atom is -0.485 e. The third kappa shape index (κ3) is 2.82. The second-order valence-corrected chi connectivity index (χ2v) is 7.88. The number of ether oxygens (including phenoxy) is 1. The number of halogens is 1. The first-order valence-electron chi connectivity index (χ1n) is 8.73. The first-order chi connectivity index (χ1) is 13.6. The molecule has 28 heavy (non-hydrogen) atoms. The van der Waals surface area contributed by atoms with Crippen molar-refractivity contribution >= 4 is 40.1 Å². The molecule has 4 aromatic rings. The number of fused-ring (bicyclic) bond motifs is 2. The second-order valence-electron chi connectivity index (χ2n) is 6.47. The molecule has 5 rings (SSSR count). The molecule has 0 fully saturated rings. The number of aromatic nitrogens is 3. The van der Waals surface area contributed by atoms with Crippen LogP contribution in [0.2, 0.25) is 5.02 Å². The van der Waals surface area contributed by atoms with E-state index in [1.165, 1.54) is 15.9 Å². The predicted octanol–water partition coefficient (Wildman–Crippen LogP) is 3.84. The van der Waals surface area contributed by atoms with E-state index in [4.69, 9.17) is 16.3 Å². The van der Waals surface area contributed by atoms with Crippen LogP contribution < -0.4 is 14.8 Å². The number of hydrogen-bond acceptors (Lipinski definition) is 5. The fourth-order valence-electron chi connectivity index (χ4n) is 3.16. The number of nitrogens with zero attached hydrogens (tertiary/aromatic N) is 3. The maximum atomic E-state index is 12.8. The summed E-state index contributed by atoms with van der Waals surface area (Å²) in [4.78, 5) is 17.8. The third-order valence-corrected chi connectivity index (χ3v) is 5.90. The second kappa shape index (κ2) is 6.58. The minimum absolute atomic E-state index is 0.143. The monoisotopic (exact) mass is 407 g/mol. The molecule has 7 heteroatoms. The summed E-state index contributed by atoms with van der Waals surface area (Å²) in [5, 5.41) is 4.91. The van der Waals surface area contributed by atoms with Crippen molar-refractivity contribution in [2.24, 2.45) is 0 Å². The zero-order valence-electron chi connectivity index (χ0n) is 14.8. The molecule has 0 spiro atoms. The van der Waals surface area contributed by atoms with Gasteiger partial charge in [0.25, 0.3) is 5.56 Å². The lowest BCUT2D eigenvalue weighted by Crippen LogP contribution is -2.26. The van der Waals surface area contributed by atoms with Gasteiger partial charge < -0.3 is 4.74 Å². The predicted molar refractivity (Wildman–Crippen MR) is 112 cm³/mol. The van der Waals surface area contributed by atoms with Crippen molar-refractivity contribution in [1.82, 2.24) is 14.6 Å². The Morgan fingerprint density at radius 3 is 2.79 bits per heavy atom. The number of benzene rings is 2. The molecule has 5 nitrogen and oxygen atoms in total. The third-order valence-electron chi connectivity index (χ3n) is 4.61. The lowest BCUT2D eigenvalue weighted by atomic mass is 10.0. The quantitative estimate of drug-likeness (QED) is 0.506. The van der Waals surface area contributed by atoms with Crippen LogP contribution >= 0.6 is 22.9 Å². The Labute approximate surface area is 169 Å². The Kier molecular flexibility index (Phi) is 4.03. The van der Waals surface area contributed by atoms with Gasteiger partial charge in [-0.2, -0.15) is 9.50 Å². The summed E-state index contributed by atoms with van der Waals surface area (Å²) >= 11 is 7.52. The van der Waals surface area contributed by atoms with Crippen LogP contribution in [0.15, 0.2) is 58.9 Å². The first kappa shape index (κ1) is 17.2. The standard InChI is InChI=1S/C21H14ClN3O2S/c1-12-14(10-13-6-2-5-9-17(13)27-12)11-18-20(26)25-21(28-18)23-19(24-25)15-7-3-4-8-16(15)22/h2-12H,1H3/b18-11+/t12-/m1/s1. The van der Waals surface area contributed by atoms with Crippen LogP contribution in [0.5, 0.6) is 5.75 Å². The van der Waals surface area contributed by atoms with E-state index in [1.54, 1.807) is 6.07 Å².